The van der Waals surface area contributed by atoms with Crippen molar-refractivity contribution >= 4 is 15.7 Å². The number of methoxy groups -OCH3 is 2. The first kappa shape index (κ1) is 16.1. The van der Waals surface area contributed by atoms with Crippen LogP contribution in [0, 0.1) is 5.41 Å². The van der Waals surface area contributed by atoms with Crippen molar-refractivity contribution in [1.29, 1.82) is 0 Å². The highest BCUT2D eigenvalue weighted by atomic mass is 32.2. The molecule has 1 aliphatic carbocycles. The zero-order valence-corrected chi connectivity index (χ0v) is 13.5. The third kappa shape index (κ3) is 2.86. The SMILES string of the molecule is COc1ccc(S(=O)(=O)NC2CC(OC)C2(C)C)c(N)c1. The van der Waals surface area contributed by atoms with Gasteiger partial charge in [0.25, 0.3) is 0 Å². The number of sulfonamides is 1. The van der Waals surface area contributed by atoms with E-state index in [1.165, 1.54) is 19.2 Å². The molecule has 1 aromatic carbocycles. The smallest absolute Gasteiger partial charge is 0.242 e. The lowest BCUT2D eigenvalue weighted by molar-refractivity contribution is -0.0908. The van der Waals surface area contributed by atoms with E-state index in [0.29, 0.717) is 12.2 Å². The zero-order chi connectivity index (χ0) is 15.8. The molecule has 3 N–H and O–H groups in total. The molecule has 0 spiro atoms. The summed E-state index contributed by atoms with van der Waals surface area (Å²) in [7, 11) is -0.524. The van der Waals surface area contributed by atoms with Gasteiger partial charge >= 0.3 is 0 Å². The van der Waals surface area contributed by atoms with Crippen LogP contribution in [-0.4, -0.2) is 34.8 Å². The standard InChI is InChI=1S/C14H22N2O4S/c1-14(2)12(8-13(14)20-4)16-21(17,18)11-6-5-9(19-3)7-10(11)15/h5-7,12-13,16H,8,15H2,1-4H3. The molecule has 0 heterocycles. The number of ether oxygens (including phenoxy) is 2. The topological polar surface area (TPSA) is 90.7 Å². The van der Waals surface area contributed by atoms with Gasteiger partial charge in [0, 0.05) is 24.6 Å². The summed E-state index contributed by atoms with van der Waals surface area (Å²) in [6, 6.07) is 4.36. The van der Waals surface area contributed by atoms with Crippen molar-refractivity contribution in [2.45, 2.75) is 37.3 Å². The summed E-state index contributed by atoms with van der Waals surface area (Å²) >= 11 is 0. The number of hydrogen-bond donors (Lipinski definition) is 2. The molecular formula is C14H22N2O4S. The van der Waals surface area contributed by atoms with Crippen LogP contribution in [0.25, 0.3) is 0 Å². The largest absolute Gasteiger partial charge is 0.497 e. The first-order chi connectivity index (χ1) is 9.72. The molecular weight excluding hydrogens is 292 g/mol. The van der Waals surface area contributed by atoms with Crippen molar-refractivity contribution in [3.05, 3.63) is 18.2 Å². The fourth-order valence-electron chi connectivity index (χ4n) is 2.63. The van der Waals surface area contributed by atoms with E-state index in [2.05, 4.69) is 4.72 Å². The second kappa shape index (κ2) is 5.47. The van der Waals surface area contributed by atoms with E-state index in [1.807, 2.05) is 13.8 Å². The van der Waals surface area contributed by atoms with Gasteiger partial charge in [-0.1, -0.05) is 13.8 Å². The highest BCUT2D eigenvalue weighted by Gasteiger charge is 2.50. The predicted molar refractivity (Wildman–Crippen MR) is 80.7 cm³/mol. The predicted octanol–water partition coefficient (Wildman–Crippen LogP) is 1.37. The molecule has 2 rings (SSSR count). The fraction of sp³-hybridized carbons (Fsp3) is 0.571. The number of hydrogen-bond acceptors (Lipinski definition) is 5. The van der Waals surface area contributed by atoms with Gasteiger partial charge in [0.1, 0.15) is 10.6 Å². The van der Waals surface area contributed by atoms with Crippen LogP contribution in [0.1, 0.15) is 20.3 Å². The molecule has 0 aliphatic heterocycles. The molecule has 0 aromatic heterocycles. The first-order valence-corrected chi connectivity index (χ1v) is 8.19. The highest BCUT2D eigenvalue weighted by molar-refractivity contribution is 7.89. The second-order valence-electron chi connectivity index (χ2n) is 5.86. The monoisotopic (exact) mass is 314 g/mol. The minimum atomic E-state index is -3.66. The van der Waals surface area contributed by atoms with Gasteiger partial charge in [0.2, 0.25) is 10.0 Å². The minimum Gasteiger partial charge on any atom is -0.497 e. The summed E-state index contributed by atoms with van der Waals surface area (Å²) in [6.45, 7) is 3.96. The van der Waals surface area contributed by atoms with E-state index < -0.39 is 10.0 Å². The molecule has 2 unspecified atom stereocenters. The molecule has 0 saturated heterocycles. The van der Waals surface area contributed by atoms with E-state index in [1.54, 1.807) is 13.2 Å². The van der Waals surface area contributed by atoms with Crippen molar-refractivity contribution in [2.24, 2.45) is 5.41 Å². The lowest BCUT2D eigenvalue weighted by atomic mass is 9.65. The Labute approximate surface area is 125 Å². The minimum absolute atomic E-state index is 0.0541. The van der Waals surface area contributed by atoms with Crippen LogP contribution in [-0.2, 0) is 14.8 Å². The Balaban J connectivity index is 2.20. The zero-order valence-electron chi connectivity index (χ0n) is 12.7. The Hall–Kier alpha value is -1.31. The normalized spacial score (nSPS) is 24.4. The van der Waals surface area contributed by atoms with Gasteiger partial charge < -0.3 is 15.2 Å². The number of benzene rings is 1. The summed E-state index contributed by atoms with van der Waals surface area (Å²) in [6.07, 6.45) is 0.706. The molecule has 0 amide bonds. The van der Waals surface area contributed by atoms with Gasteiger partial charge in [-0.25, -0.2) is 13.1 Å². The number of rotatable bonds is 5. The second-order valence-corrected chi connectivity index (χ2v) is 7.54. The van der Waals surface area contributed by atoms with E-state index in [-0.39, 0.29) is 28.1 Å². The fourth-order valence-corrected chi connectivity index (χ4v) is 4.15. The number of nitrogen functional groups attached to an aromatic ring is 1. The van der Waals surface area contributed by atoms with Gasteiger partial charge in [-0.05, 0) is 18.6 Å². The molecule has 6 nitrogen and oxygen atoms in total. The van der Waals surface area contributed by atoms with Crippen LogP contribution in [0.3, 0.4) is 0 Å². The molecule has 1 aromatic rings. The molecule has 1 saturated carbocycles. The third-order valence-electron chi connectivity index (χ3n) is 4.27. The van der Waals surface area contributed by atoms with E-state index in [9.17, 15) is 8.42 Å². The molecule has 118 valence electrons. The maximum Gasteiger partial charge on any atom is 0.242 e. The maximum atomic E-state index is 12.5. The van der Waals surface area contributed by atoms with Crippen LogP contribution >= 0.6 is 0 Å². The first-order valence-electron chi connectivity index (χ1n) is 6.71. The van der Waals surface area contributed by atoms with Gasteiger partial charge in [-0.15, -0.1) is 0 Å². The van der Waals surface area contributed by atoms with Gasteiger partial charge in [-0.2, -0.15) is 0 Å². The van der Waals surface area contributed by atoms with Crippen LogP contribution in [0.15, 0.2) is 23.1 Å². The summed E-state index contributed by atoms with van der Waals surface area (Å²) in [5.41, 5.74) is 5.74. The average Bonchev–Trinajstić information content (AvgIpc) is 2.42. The summed E-state index contributed by atoms with van der Waals surface area (Å²) in [4.78, 5) is 0.0694. The average molecular weight is 314 g/mol. The van der Waals surface area contributed by atoms with E-state index >= 15 is 0 Å². The Bertz CT molecular complexity index is 628. The lowest BCUT2D eigenvalue weighted by Gasteiger charge is -2.50. The molecule has 1 fully saturated rings. The number of anilines is 1. The van der Waals surface area contributed by atoms with E-state index in [4.69, 9.17) is 15.2 Å². The van der Waals surface area contributed by atoms with E-state index in [0.717, 1.165) is 0 Å². The van der Waals surface area contributed by atoms with Crippen LogP contribution in [0.2, 0.25) is 0 Å². The summed E-state index contributed by atoms with van der Waals surface area (Å²) in [5.74, 6) is 0.523. The van der Waals surface area contributed by atoms with Crippen LogP contribution in [0.5, 0.6) is 5.75 Å². The van der Waals surface area contributed by atoms with Crippen LogP contribution in [0.4, 0.5) is 5.69 Å². The molecule has 0 bridgehead atoms. The molecule has 2 atom stereocenters. The lowest BCUT2D eigenvalue weighted by Crippen LogP contribution is -2.61. The number of nitrogens with two attached hydrogens (primary N) is 1. The quantitative estimate of drug-likeness (QED) is 0.801. The van der Waals surface area contributed by atoms with Crippen molar-refractivity contribution in [2.75, 3.05) is 20.0 Å². The van der Waals surface area contributed by atoms with Crippen LogP contribution < -0.4 is 15.2 Å². The molecule has 7 heteroatoms. The summed E-state index contributed by atoms with van der Waals surface area (Å²) in [5, 5.41) is 0. The van der Waals surface area contributed by atoms with Crippen molar-refractivity contribution < 1.29 is 17.9 Å². The molecule has 0 radical (unpaired) electrons. The summed E-state index contributed by atoms with van der Waals surface area (Å²) < 4.78 is 38.0. The maximum absolute atomic E-state index is 12.5. The Morgan fingerprint density at radius 1 is 1.33 bits per heavy atom. The van der Waals surface area contributed by atoms with Gasteiger partial charge in [0.05, 0.1) is 18.9 Å². The molecule has 1 aliphatic rings. The Morgan fingerprint density at radius 3 is 2.48 bits per heavy atom. The third-order valence-corrected chi connectivity index (χ3v) is 5.81. The highest BCUT2D eigenvalue weighted by Crippen LogP contribution is 2.43. The number of nitrogens with one attached hydrogen (secondary N) is 1. The van der Waals surface area contributed by atoms with Crippen molar-refractivity contribution in [3.8, 4) is 5.75 Å². The Kier molecular flexibility index (Phi) is 4.19. The van der Waals surface area contributed by atoms with Gasteiger partial charge in [0.15, 0.2) is 0 Å². The molecule has 21 heavy (non-hydrogen) atoms. The van der Waals surface area contributed by atoms with Gasteiger partial charge in [-0.3, -0.25) is 0 Å². The Morgan fingerprint density at radius 2 is 2.00 bits per heavy atom. The van der Waals surface area contributed by atoms with Crippen molar-refractivity contribution in [3.63, 3.8) is 0 Å². The van der Waals surface area contributed by atoms with Crippen molar-refractivity contribution in [1.82, 2.24) is 4.72 Å².